The fourth-order valence-corrected chi connectivity index (χ4v) is 3.44. The molecule has 1 aromatic heterocycles. The second kappa shape index (κ2) is 7.57. The van der Waals surface area contributed by atoms with Crippen molar-refractivity contribution in [1.82, 2.24) is 10.2 Å². The van der Waals surface area contributed by atoms with E-state index in [-0.39, 0.29) is 11.8 Å². The molecule has 0 amide bonds. The molecule has 0 atom stereocenters. The summed E-state index contributed by atoms with van der Waals surface area (Å²) in [4.78, 5) is 10.7. The van der Waals surface area contributed by atoms with Gasteiger partial charge in [0.25, 0.3) is 0 Å². The molecule has 1 N–H and O–H groups in total. The number of hydrogen-bond donors (Lipinski definition) is 1. The summed E-state index contributed by atoms with van der Waals surface area (Å²) in [7, 11) is 0. The van der Waals surface area contributed by atoms with Crippen molar-refractivity contribution in [2.24, 2.45) is 0 Å². The van der Waals surface area contributed by atoms with Crippen molar-refractivity contribution in [3.8, 4) is 17.6 Å². The number of aliphatic carboxylic acids is 1. The van der Waals surface area contributed by atoms with E-state index < -0.39 is 5.97 Å². The number of carboxylic acids is 1. The van der Waals surface area contributed by atoms with Crippen molar-refractivity contribution in [3.05, 3.63) is 52.8 Å². The number of rotatable bonds is 4. The predicted molar refractivity (Wildman–Crippen MR) is 98.2 cm³/mol. The molecule has 1 aliphatic rings. The number of aromatic nitrogens is 2. The van der Waals surface area contributed by atoms with Gasteiger partial charge in [-0.3, -0.25) is 4.79 Å². The molecule has 0 unspecified atom stereocenters. The molecule has 26 heavy (non-hydrogen) atoms. The van der Waals surface area contributed by atoms with Gasteiger partial charge in [0.1, 0.15) is 11.4 Å². The standard InChI is InChI=1S/C21H22N2O3/c1-3-21(4-2)11-12-26-19-10-6-15(13-18(19)21)5-7-16-8-9-17(23-22-16)14-20(24)25/h6,8-10,13H,3-4,11-12,14H2,1-2H3,(H,24,25). The van der Waals surface area contributed by atoms with Crippen LogP contribution in [0.2, 0.25) is 0 Å². The highest BCUT2D eigenvalue weighted by molar-refractivity contribution is 5.69. The quantitative estimate of drug-likeness (QED) is 0.856. The minimum Gasteiger partial charge on any atom is -0.493 e. The minimum atomic E-state index is -0.926. The third-order valence-electron chi connectivity index (χ3n) is 5.13. The Kier molecular flexibility index (Phi) is 5.22. The van der Waals surface area contributed by atoms with Crippen LogP contribution in [0.4, 0.5) is 0 Å². The topological polar surface area (TPSA) is 72.3 Å². The molecule has 0 saturated heterocycles. The van der Waals surface area contributed by atoms with E-state index in [4.69, 9.17) is 9.84 Å². The largest absolute Gasteiger partial charge is 0.493 e. The number of nitrogens with zero attached hydrogens (tertiary/aromatic N) is 2. The van der Waals surface area contributed by atoms with Gasteiger partial charge in [-0.1, -0.05) is 19.8 Å². The molecule has 5 heteroatoms. The smallest absolute Gasteiger partial charge is 0.309 e. The summed E-state index contributed by atoms with van der Waals surface area (Å²) < 4.78 is 5.83. The van der Waals surface area contributed by atoms with Crippen LogP contribution in [0, 0.1) is 11.8 Å². The van der Waals surface area contributed by atoms with Gasteiger partial charge in [-0.25, -0.2) is 0 Å². The maximum absolute atomic E-state index is 10.7. The molecule has 1 aliphatic heterocycles. The van der Waals surface area contributed by atoms with E-state index in [0.29, 0.717) is 11.4 Å². The molecule has 0 spiro atoms. The lowest BCUT2D eigenvalue weighted by molar-refractivity contribution is -0.136. The van der Waals surface area contributed by atoms with E-state index in [1.807, 2.05) is 12.1 Å². The van der Waals surface area contributed by atoms with Gasteiger partial charge in [0.05, 0.1) is 18.7 Å². The molecule has 0 fully saturated rings. The lowest BCUT2D eigenvalue weighted by atomic mass is 9.71. The summed E-state index contributed by atoms with van der Waals surface area (Å²) in [5, 5.41) is 16.6. The Balaban J connectivity index is 1.86. The Bertz CT molecular complexity index is 859. The summed E-state index contributed by atoms with van der Waals surface area (Å²) in [6.45, 7) is 5.22. The average Bonchev–Trinajstić information content (AvgIpc) is 2.66. The van der Waals surface area contributed by atoms with Crippen LogP contribution in [-0.2, 0) is 16.6 Å². The van der Waals surface area contributed by atoms with Crippen LogP contribution >= 0.6 is 0 Å². The molecule has 0 aliphatic carbocycles. The molecule has 0 saturated carbocycles. The zero-order chi connectivity index (χ0) is 18.6. The van der Waals surface area contributed by atoms with E-state index in [1.165, 1.54) is 5.56 Å². The summed E-state index contributed by atoms with van der Waals surface area (Å²) in [5.41, 5.74) is 3.25. The maximum Gasteiger partial charge on any atom is 0.309 e. The number of ether oxygens (including phenoxy) is 1. The normalized spacial score (nSPS) is 14.5. The van der Waals surface area contributed by atoms with Gasteiger partial charge >= 0.3 is 5.97 Å². The van der Waals surface area contributed by atoms with Crippen LogP contribution in [0.5, 0.6) is 5.75 Å². The van der Waals surface area contributed by atoms with E-state index in [0.717, 1.165) is 37.2 Å². The molecule has 2 heterocycles. The van der Waals surface area contributed by atoms with Crippen LogP contribution in [0.25, 0.3) is 0 Å². The van der Waals surface area contributed by atoms with E-state index >= 15 is 0 Å². The third-order valence-corrected chi connectivity index (χ3v) is 5.13. The Morgan fingerprint density at radius 1 is 1.19 bits per heavy atom. The highest BCUT2D eigenvalue weighted by Crippen LogP contribution is 2.43. The van der Waals surface area contributed by atoms with Crippen molar-refractivity contribution in [1.29, 1.82) is 0 Å². The number of hydrogen-bond acceptors (Lipinski definition) is 4. The van der Waals surface area contributed by atoms with Gasteiger partial charge in [0.2, 0.25) is 0 Å². The number of benzene rings is 1. The lowest BCUT2D eigenvalue weighted by Gasteiger charge is -2.37. The van der Waals surface area contributed by atoms with Gasteiger partial charge in [-0.2, -0.15) is 5.10 Å². The number of carboxylic acid groups (broad SMARTS) is 1. The predicted octanol–water partition coefficient (Wildman–Crippen LogP) is 3.34. The zero-order valence-corrected chi connectivity index (χ0v) is 15.1. The molecule has 1 aromatic carbocycles. The van der Waals surface area contributed by atoms with Gasteiger partial charge in [-0.15, -0.1) is 5.10 Å². The summed E-state index contributed by atoms with van der Waals surface area (Å²) in [6, 6.07) is 9.42. The van der Waals surface area contributed by atoms with Crippen molar-refractivity contribution < 1.29 is 14.6 Å². The first-order valence-electron chi connectivity index (χ1n) is 8.90. The van der Waals surface area contributed by atoms with Crippen LogP contribution in [0.1, 0.15) is 55.6 Å². The number of fused-ring (bicyclic) bond motifs is 1. The number of carbonyl (C=O) groups is 1. The highest BCUT2D eigenvalue weighted by atomic mass is 16.5. The Morgan fingerprint density at radius 3 is 2.65 bits per heavy atom. The maximum atomic E-state index is 10.7. The van der Waals surface area contributed by atoms with Crippen molar-refractivity contribution in [3.63, 3.8) is 0 Å². The molecule has 2 aromatic rings. The summed E-state index contributed by atoms with van der Waals surface area (Å²) in [5.74, 6) is 6.17. The summed E-state index contributed by atoms with van der Waals surface area (Å²) in [6.07, 6.45) is 3.04. The fraction of sp³-hybridized carbons (Fsp3) is 0.381. The molecule has 3 rings (SSSR count). The molecular weight excluding hydrogens is 328 g/mol. The molecule has 134 valence electrons. The molecular formula is C21H22N2O3. The Hall–Kier alpha value is -2.87. The molecule has 0 bridgehead atoms. The second-order valence-electron chi connectivity index (χ2n) is 6.53. The summed E-state index contributed by atoms with van der Waals surface area (Å²) >= 11 is 0. The molecule has 5 nitrogen and oxygen atoms in total. The first-order chi connectivity index (χ1) is 12.6. The Labute approximate surface area is 153 Å². The zero-order valence-electron chi connectivity index (χ0n) is 15.1. The lowest BCUT2D eigenvalue weighted by Crippen LogP contribution is -2.31. The van der Waals surface area contributed by atoms with Crippen molar-refractivity contribution in [2.45, 2.75) is 44.9 Å². The van der Waals surface area contributed by atoms with Gasteiger partial charge in [0, 0.05) is 16.5 Å². The SMILES string of the molecule is CCC1(CC)CCOc2ccc(C#Cc3ccc(CC(=O)O)nn3)cc21. The first-order valence-corrected chi connectivity index (χ1v) is 8.90. The highest BCUT2D eigenvalue weighted by Gasteiger charge is 2.34. The van der Waals surface area contributed by atoms with Crippen LogP contribution in [-0.4, -0.2) is 27.9 Å². The van der Waals surface area contributed by atoms with Crippen molar-refractivity contribution >= 4 is 5.97 Å². The monoisotopic (exact) mass is 350 g/mol. The van der Waals surface area contributed by atoms with Crippen LogP contribution in [0.3, 0.4) is 0 Å². The van der Waals surface area contributed by atoms with Gasteiger partial charge in [0.15, 0.2) is 0 Å². The van der Waals surface area contributed by atoms with Gasteiger partial charge < -0.3 is 9.84 Å². The van der Waals surface area contributed by atoms with Crippen LogP contribution in [0.15, 0.2) is 30.3 Å². The second-order valence-corrected chi connectivity index (χ2v) is 6.53. The minimum absolute atomic E-state index is 0.137. The van der Waals surface area contributed by atoms with E-state index in [9.17, 15) is 4.79 Å². The van der Waals surface area contributed by atoms with Gasteiger partial charge in [-0.05, 0) is 55.5 Å². The molecule has 0 radical (unpaired) electrons. The third kappa shape index (κ3) is 3.70. The van der Waals surface area contributed by atoms with Crippen LogP contribution < -0.4 is 4.74 Å². The first kappa shape index (κ1) is 17.9. The van der Waals surface area contributed by atoms with E-state index in [1.54, 1.807) is 12.1 Å². The fourth-order valence-electron chi connectivity index (χ4n) is 3.44. The average molecular weight is 350 g/mol. The van der Waals surface area contributed by atoms with Crippen molar-refractivity contribution in [2.75, 3.05) is 6.61 Å². The Morgan fingerprint density at radius 2 is 2.00 bits per heavy atom. The van der Waals surface area contributed by atoms with E-state index in [2.05, 4.69) is 42.0 Å².